The second kappa shape index (κ2) is 10.0. The van der Waals surface area contributed by atoms with Crippen LogP contribution in [0.5, 0.6) is 11.5 Å². The molecule has 11 heteroatoms. The van der Waals surface area contributed by atoms with E-state index < -0.39 is 15.7 Å². The number of hydrazone groups is 1. The van der Waals surface area contributed by atoms with Gasteiger partial charge >= 0.3 is 0 Å². The lowest BCUT2D eigenvalue weighted by molar-refractivity contribution is -0.114. The maximum absolute atomic E-state index is 12.7. The fraction of sp³-hybridized carbons (Fsp3) is 0.250. The van der Waals surface area contributed by atoms with E-state index in [1.807, 2.05) is 44.2 Å². The first-order chi connectivity index (χ1) is 16.7. The van der Waals surface area contributed by atoms with Crippen LogP contribution >= 0.6 is 11.8 Å². The van der Waals surface area contributed by atoms with E-state index in [1.165, 1.54) is 13.0 Å². The summed E-state index contributed by atoms with van der Waals surface area (Å²) in [6.07, 6.45) is 1.30. The van der Waals surface area contributed by atoms with Crippen molar-refractivity contribution in [3.8, 4) is 11.5 Å². The zero-order chi connectivity index (χ0) is 25.2. The van der Waals surface area contributed by atoms with Gasteiger partial charge in [0.15, 0.2) is 17.3 Å². The molecule has 9 nitrogen and oxygen atoms in total. The quantitative estimate of drug-likeness (QED) is 0.551. The summed E-state index contributed by atoms with van der Waals surface area (Å²) in [4.78, 5) is 16.6. The number of carbonyl (C=O) groups is 1. The molecular weight excluding hydrogens is 488 g/mol. The zero-order valence-corrected chi connectivity index (χ0v) is 21.0. The lowest BCUT2D eigenvalue weighted by Crippen LogP contribution is -2.35. The highest BCUT2D eigenvalue weighted by Crippen LogP contribution is 2.34. The molecule has 0 fully saturated rings. The summed E-state index contributed by atoms with van der Waals surface area (Å²) in [6, 6.07) is 15.0. The number of hydrogen-bond donors (Lipinski definition) is 1. The summed E-state index contributed by atoms with van der Waals surface area (Å²) in [6.45, 7) is 5.72. The Hall–Kier alpha value is -3.44. The van der Waals surface area contributed by atoms with Crippen LogP contribution in [0.25, 0.3) is 6.08 Å². The Kier molecular flexibility index (Phi) is 7.08. The smallest absolute Gasteiger partial charge is 0.283 e. The number of sulfone groups is 1. The number of nitrogens with one attached hydrogen (secondary N) is 1. The standard InChI is InChI=1S/C24H24N4O5S2/c1-4-32-20-14-16(11-12-19(20)33-15(3)17-9-7-6-8-10-17)13-18-21(25)28-23(26-22(18)29)34-24(27-28)35(30,31)5-2/h6-15,25H,4-5H2,1-3H3/b18-13+,25-21?/t15-/m1/s1. The second-order valence-corrected chi connectivity index (χ2v) is 11.0. The number of amides is 1. The maximum Gasteiger partial charge on any atom is 0.283 e. The number of amidine groups is 2. The van der Waals surface area contributed by atoms with Crippen LogP contribution in [0.15, 0.2) is 64.2 Å². The van der Waals surface area contributed by atoms with E-state index in [2.05, 4.69) is 10.1 Å². The van der Waals surface area contributed by atoms with Crippen molar-refractivity contribution in [2.75, 3.05) is 12.4 Å². The molecule has 1 amide bonds. The molecule has 0 spiro atoms. The van der Waals surface area contributed by atoms with E-state index in [4.69, 9.17) is 14.9 Å². The van der Waals surface area contributed by atoms with Crippen LogP contribution in [0.2, 0.25) is 0 Å². The number of thioether (sulfide) groups is 1. The summed E-state index contributed by atoms with van der Waals surface area (Å²) in [5, 5.41) is 13.6. The predicted molar refractivity (Wildman–Crippen MR) is 138 cm³/mol. The number of aliphatic imine (C=N–C) groups is 1. The molecule has 2 aliphatic heterocycles. The second-order valence-electron chi connectivity index (χ2n) is 7.60. The highest BCUT2D eigenvalue weighted by atomic mass is 32.3. The van der Waals surface area contributed by atoms with Gasteiger partial charge in [-0.15, -0.1) is 5.10 Å². The van der Waals surface area contributed by atoms with Crippen molar-refractivity contribution in [1.82, 2.24) is 5.01 Å². The van der Waals surface area contributed by atoms with Crippen molar-refractivity contribution in [2.24, 2.45) is 10.1 Å². The first-order valence-corrected chi connectivity index (χ1v) is 13.4. The van der Waals surface area contributed by atoms with Crippen molar-refractivity contribution in [1.29, 1.82) is 5.41 Å². The van der Waals surface area contributed by atoms with Crippen molar-refractivity contribution in [3.63, 3.8) is 0 Å². The van der Waals surface area contributed by atoms with Gasteiger partial charge in [0.2, 0.25) is 19.4 Å². The molecule has 2 aromatic carbocycles. The Morgan fingerprint density at radius 1 is 1.14 bits per heavy atom. The molecule has 0 unspecified atom stereocenters. The van der Waals surface area contributed by atoms with Gasteiger partial charge in [0, 0.05) is 0 Å². The molecule has 0 aliphatic carbocycles. The monoisotopic (exact) mass is 512 g/mol. The third kappa shape index (κ3) is 5.15. The molecule has 182 valence electrons. The van der Waals surface area contributed by atoms with Crippen molar-refractivity contribution in [2.45, 2.75) is 26.9 Å². The normalized spacial score (nSPS) is 17.7. The lowest BCUT2D eigenvalue weighted by Gasteiger charge is -2.20. The molecule has 2 aromatic rings. The molecule has 0 saturated carbocycles. The van der Waals surface area contributed by atoms with Gasteiger partial charge in [-0.2, -0.15) is 10.0 Å². The van der Waals surface area contributed by atoms with E-state index >= 15 is 0 Å². The van der Waals surface area contributed by atoms with Crippen molar-refractivity contribution >= 4 is 49.0 Å². The number of carbonyl (C=O) groups excluding carboxylic acids is 1. The summed E-state index contributed by atoms with van der Waals surface area (Å²) >= 11 is 0.769. The predicted octanol–water partition coefficient (Wildman–Crippen LogP) is 4.24. The van der Waals surface area contributed by atoms with Crippen LogP contribution in [-0.2, 0) is 14.6 Å². The molecule has 4 rings (SSSR count). The van der Waals surface area contributed by atoms with Gasteiger partial charge in [0.1, 0.15) is 6.10 Å². The summed E-state index contributed by atoms with van der Waals surface area (Å²) in [7, 11) is -3.59. The average Bonchev–Trinajstić information content (AvgIpc) is 3.29. The Morgan fingerprint density at radius 2 is 1.89 bits per heavy atom. The number of hydrogen-bond acceptors (Lipinski definition) is 8. The Balaban J connectivity index is 1.62. The van der Waals surface area contributed by atoms with E-state index in [0.29, 0.717) is 23.7 Å². The average molecular weight is 513 g/mol. The van der Waals surface area contributed by atoms with E-state index in [1.54, 1.807) is 18.2 Å². The SMILES string of the molecule is CCOc1cc(/C=C2\C(=N)N3N=C(S(=O)(=O)CC)SC3=NC2=O)ccc1O[C@H](C)c1ccccc1. The van der Waals surface area contributed by atoms with Gasteiger partial charge in [0.05, 0.1) is 17.9 Å². The van der Waals surface area contributed by atoms with Crippen molar-refractivity contribution < 1.29 is 22.7 Å². The van der Waals surface area contributed by atoms with Gasteiger partial charge in [-0.05, 0) is 54.9 Å². The van der Waals surface area contributed by atoms with Crippen LogP contribution in [0.4, 0.5) is 0 Å². The van der Waals surface area contributed by atoms with Gasteiger partial charge in [0.25, 0.3) is 5.91 Å². The Morgan fingerprint density at radius 3 is 2.57 bits per heavy atom. The molecule has 0 radical (unpaired) electrons. The first kappa shape index (κ1) is 24.7. The molecule has 2 aliphatic rings. The first-order valence-electron chi connectivity index (χ1n) is 10.9. The molecule has 0 bridgehead atoms. The zero-order valence-electron chi connectivity index (χ0n) is 19.4. The summed E-state index contributed by atoms with van der Waals surface area (Å²) in [5.74, 6) is 0.0155. The summed E-state index contributed by atoms with van der Waals surface area (Å²) in [5.41, 5.74) is 1.60. The van der Waals surface area contributed by atoms with Crippen LogP contribution < -0.4 is 9.47 Å². The summed E-state index contributed by atoms with van der Waals surface area (Å²) < 4.78 is 36.1. The molecule has 0 saturated heterocycles. The van der Waals surface area contributed by atoms with Crippen LogP contribution in [0.3, 0.4) is 0 Å². The van der Waals surface area contributed by atoms with Crippen LogP contribution in [0, 0.1) is 5.41 Å². The van der Waals surface area contributed by atoms with Crippen LogP contribution in [-0.4, -0.2) is 47.1 Å². The number of nitrogens with zero attached hydrogens (tertiary/aromatic N) is 3. The van der Waals surface area contributed by atoms with Gasteiger partial charge < -0.3 is 9.47 Å². The largest absolute Gasteiger partial charge is 0.490 e. The van der Waals surface area contributed by atoms with Crippen molar-refractivity contribution in [3.05, 3.63) is 65.2 Å². The molecule has 2 heterocycles. The van der Waals surface area contributed by atoms with E-state index in [0.717, 1.165) is 22.3 Å². The van der Waals surface area contributed by atoms with Gasteiger partial charge in [-0.1, -0.05) is 43.3 Å². The van der Waals surface area contributed by atoms with E-state index in [-0.39, 0.29) is 32.8 Å². The molecular formula is C24H24N4O5S2. The fourth-order valence-corrected chi connectivity index (χ4v) is 5.52. The molecule has 0 aromatic heterocycles. The Labute approximate surface area is 208 Å². The topological polar surface area (TPSA) is 121 Å². The van der Waals surface area contributed by atoms with Gasteiger partial charge in [-0.3, -0.25) is 10.2 Å². The number of fused-ring (bicyclic) bond motifs is 1. The minimum atomic E-state index is -3.59. The van der Waals surface area contributed by atoms with E-state index in [9.17, 15) is 13.2 Å². The number of ether oxygens (including phenoxy) is 2. The highest BCUT2D eigenvalue weighted by molar-refractivity contribution is 8.42. The maximum atomic E-state index is 12.7. The highest BCUT2D eigenvalue weighted by Gasteiger charge is 2.39. The lowest BCUT2D eigenvalue weighted by atomic mass is 10.1. The molecule has 1 N–H and O–H groups in total. The third-order valence-corrected chi connectivity index (χ3v) is 8.32. The fourth-order valence-electron chi connectivity index (χ4n) is 3.35. The Bertz CT molecular complexity index is 1370. The third-order valence-electron chi connectivity index (χ3n) is 5.23. The minimum Gasteiger partial charge on any atom is -0.490 e. The number of benzene rings is 2. The minimum absolute atomic E-state index is 0.0120. The van der Waals surface area contributed by atoms with Gasteiger partial charge in [-0.25, -0.2) is 8.42 Å². The van der Waals surface area contributed by atoms with Crippen LogP contribution in [0.1, 0.15) is 38.0 Å². The number of rotatable bonds is 7. The molecule has 1 atom stereocenters. The molecule has 35 heavy (non-hydrogen) atoms.